The van der Waals surface area contributed by atoms with Gasteiger partial charge in [0.2, 0.25) is 5.95 Å². The fraction of sp³-hybridized carbons (Fsp3) is 0.158. The van der Waals surface area contributed by atoms with Crippen LogP contribution in [0.4, 0.5) is 17.5 Å². The molecule has 0 aliphatic heterocycles. The Morgan fingerprint density at radius 2 is 1.79 bits per heavy atom. The van der Waals surface area contributed by atoms with Crippen molar-refractivity contribution < 1.29 is 4.74 Å². The lowest BCUT2D eigenvalue weighted by Crippen LogP contribution is -2.05. The van der Waals surface area contributed by atoms with Gasteiger partial charge in [-0.2, -0.15) is 4.98 Å². The molecule has 2 N–H and O–H groups in total. The Hall–Kier alpha value is -3.08. The Morgan fingerprint density at radius 3 is 2.62 bits per heavy atom. The largest absolute Gasteiger partial charge is 0.495 e. The number of aryl methyl sites for hydroxylation is 1. The second-order valence-corrected chi connectivity index (χ2v) is 5.37. The van der Waals surface area contributed by atoms with E-state index in [0.29, 0.717) is 5.95 Å². The van der Waals surface area contributed by atoms with Crippen molar-refractivity contribution in [3.05, 3.63) is 71.9 Å². The molecule has 0 radical (unpaired) electrons. The van der Waals surface area contributed by atoms with Gasteiger partial charge in [-0.05, 0) is 36.2 Å². The Bertz CT molecular complexity index is 820. The lowest BCUT2D eigenvalue weighted by Gasteiger charge is -2.11. The first-order valence-corrected chi connectivity index (χ1v) is 7.78. The zero-order chi connectivity index (χ0) is 16.8. The third kappa shape index (κ3) is 3.81. The summed E-state index contributed by atoms with van der Waals surface area (Å²) in [5, 5.41) is 6.52. The van der Waals surface area contributed by atoms with Crippen molar-refractivity contribution >= 4 is 17.5 Å². The Balaban J connectivity index is 1.71. The zero-order valence-corrected chi connectivity index (χ0v) is 13.8. The third-order valence-electron chi connectivity index (χ3n) is 3.73. The first kappa shape index (κ1) is 15.8. The van der Waals surface area contributed by atoms with Crippen molar-refractivity contribution in [2.24, 2.45) is 0 Å². The predicted octanol–water partition coefficient (Wildman–Crippen LogP) is 4.15. The highest BCUT2D eigenvalue weighted by Crippen LogP contribution is 2.25. The maximum absolute atomic E-state index is 5.33. The fourth-order valence-electron chi connectivity index (χ4n) is 2.38. The standard InChI is InChI=1S/C19H20N4O/c1-14-7-3-4-8-15(14)13-21-18-11-12-20-19(23-18)22-16-9-5-6-10-17(16)24-2/h3-12H,13H2,1-2H3,(H2,20,21,22,23). The zero-order valence-electron chi connectivity index (χ0n) is 13.8. The number of hydrogen-bond donors (Lipinski definition) is 2. The van der Waals surface area contributed by atoms with Crippen molar-refractivity contribution in [1.29, 1.82) is 0 Å². The highest BCUT2D eigenvalue weighted by molar-refractivity contribution is 5.62. The van der Waals surface area contributed by atoms with Crippen molar-refractivity contribution in [1.82, 2.24) is 9.97 Å². The van der Waals surface area contributed by atoms with Crippen LogP contribution in [0.15, 0.2) is 60.8 Å². The SMILES string of the molecule is COc1ccccc1Nc1nccc(NCc2ccccc2C)n1. The number of anilines is 3. The van der Waals surface area contributed by atoms with E-state index in [1.807, 2.05) is 42.5 Å². The molecule has 0 aliphatic rings. The van der Waals surface area contributed by atoms with Crippen LogP contribution in [0.3, 0.4) is 0 Å². The maximum atomic E-state index is 5.33. The van der Waals surface area contributed by atoms with E-state index < -0.39 is 0 Å². The molecule has 0 amide bonds. The van der Waals surface area contributed by atoms with Crippen LogP contribution in [0.5, 0.6) is 5.75 Å². The number of methoxy groups -OCH3 is 1. The predicted molar refractivity (Wildman–Crippen MR) is 96.8 cm³/mol. The average Bonchev–Trinajstić information content (AvgIpc) is 2.62. The van der Waals surface area contributed by atoms with E-state index in [2.05, 4.69) is 39.7 Å². The molecule has 0 saturated carbocycles. The summed E-state index contributed by atoms with van der Waals surface area (Å²) in [5.74, 6) is 2.04. The summed E-state index contributed by atoms with van der Waals surface area (Å²) in [7, 11) is 1.64. The summed E-state index contributed by atoms with van der Waals surface area (Å²) in [6, 6.07) is 17.8. The molecule has 0 saturated heterocycles. The van der Waals surface area contributed by atoms with Gasteiger partial charge in [0.1, 0.15) is 11.6 Å². The van der Waals surface area contributed by atoms with Crippen LogP contribution < -0.4 is 15.4 Å². The van der Waals surface area contributed by atoms with E-state index in [1.54, 1.807) is 13.3 Å². The second-order valence-electron chi connectivity index (χ2n) is 5.37. The van der Waals surface area contributed by atoms with Gasteiger partial charge in [0.25, 0.3) is 0 Å². The monoisotopic (exact) mass is 320 g/mol. The van der Waals surface area contributed by atoms with Crippen LogP contribution in [-0.4, -0.2) is 17.1 Å². The van der Waals surface area contributed by atoms with Crippen LogP contribution in [0.25, 0.3) is 0 Å². The van der Waals surface area contributed by atoms with Gasteiger partial charge in [0, 0.05) is 12.7 Å². The third-order valence-corrected chi connectivity index (χ3v) is 3.73. The van der Waals surface area contributed by atoms with Crippen molar-refractivity contribution in [3.63, 3.8) is 0 Å². The summed E-state index contributed by atoms with van der Waals surface area (Å²) in [5.41, 5.74) is 3.33. The van der Waals surface area contributed by atoms with Crippen molar-refractivity contribution in [3.8, 4) is 5.75 Å². The molecule has 0 aliphatic carbocycles. The number of hydrogen-bond acceptors (Lipinski definition) is 5. The topological polar surface area (TPSA) is 59.1 Å². The number of aromatic nitrogens is 2. The molecule has 24 heavy (non-hydrogen) atoms. The molecule has 122 valence electrons. The Kier molecular flexibility index (Phi) is 4.91. The Morgan fingerprint density at radius 1 is 1.00 bits per heavy atom. The molecule has 3 rings (SSSR count). The molecule has 5 nitrogen and oxygen atoms in total. The molecule has 0 atom stereocenters. The van der Waals surface area contributed by atoms with Crippen molar-refractivity contribution in [2.45, 2.75) is 13.5 Å². The van der Waals surface area contributed by atoms with E-state index in [9.17, 15) is 0 Å². The average molecular weight is 320 g/mol. The normalized spacial score (nSPS) is 10.2. The number of rotatable bonds is 6. The van der Waals surface area contributed by atoms with Gasteiger partial charge in [0.15, 0.2) is 0 Å². The lowest BCUT2D eigenvalue weighted by atomic mass is 10.1. The first-order valence-electron chi connectivity index (χ1n) is 7.78. The minimum Gasteiger partial charge on any atom is -0.495 e. The van der Waals surface area contributed by atoms with Gasteiger partial charge in [-0.1, -0.05) is 36.4 Å². The van der Waals surface area contributed by atoms with Crippen LogP contribution in [0, 0.1) is 6.92 Å². The van der Waals surface area contributed by atoms with Gasteiger partial charge in [-0.15, -0.1) is 0 Å². The number of benzene rings is 2. The van der Waals surface area contributed by atoms with Crippen LogP contribution in [-0.2, 0) is 6.54 Å². The molecule has 3 aromatic rings. The van der Waals surface area contributed by atoms with Gasteiger partial charge in [-0.3, -0.25) is 0 Å². The van der Waals surface area contributed by atoms with Gasteiger partial charge in [0.05, 0.1) is 12.8 Å². The molecule has 0 bridgehead atoms. The molecule has 1 heterocycles. The van der Waals surface area contributed by atoms with E-state index in [0.717, 1.165) is 23.8 Å². The maximum Gasteiger partial charge on any atom is 0.229 e. The fourth-order valence-corrected chi connectivity index (χ4v) is 2.38. The van der Waals surface area contributed by atoms with Gasteiger partial charge in [-0.25, -0.2) is 4.98 Å². The van der Waals surface area contributed by atoms with E-state index in [1.165, 1.54) is 11.1 Å². The second kappa shape index (κ2) is 7.46. The molecule has 2 aromatic carbocycles. The highest BCUT2D eigenvalue weighted by atomic mass is 16.5. The lowest BCUT2D eigenvalue weighted by molar-refractivity contribution is 0.417. The van der Waals surface area contributed by atoms with Crippen LogP contribution in [0.1, 0.15) is 11.1 Å². The van der Waals surface area contributed by atoms with E-state index in [4.69, 9.17) is 4.74 Å². The number of nitrogens with one attached hydrogen (secondary N) is 2. The molecule has 1 aromatic heterocycles. The summed E-state index contributed by atoms with van der Waals surface area (Å²) in [6.07, 6.45) is 1.73. The van der Waals surface area contributed by atoms with Crippen LogP contribution in [0.2, 0.25) is 0 Å². The van der Waals surface area contributed by atoms with Crippen molar-refractivity contribution in [2.75, 3.05) is 17.7 Å². The van der Waals surface area contributed by atoms with Gasteiger partial charge >= 0.3 is 0 Å². The summed E-state index contributed by atoms with van der Waals surface area (Å²) in [4.78, 5) is 8.76. The summed E-state index contributed by atoms with van der Waals surface area (Å²) in [6.45, 7) is 2.82. The number of ether oxygens (including phenoxy) is 1. The van der Waals surface area contributed by atoms with Crippen LogP contribution >= 0.6 is 0 Å². The first-order chi connectivity index (χ1) is 11.8. The van der Waals surface area contributed by atoms with E-state index in [-0.39, 0.29) is 0 Å². The molecule has 5 heteroatoms. The minimum absolute atomic E-state index is 0.522. The minimum atomic E-state index is 0.522. The number of para-hydroxylation sites is 2. The smallest absolute Gasteiger partial charge is 0.229 e. The molecule has 0 unspecified atom stereocenters. The summed E-state index contributed by atoms with van der Waals surface area (Å²) >= 11 is 0. The quantitative estimate of drug-likeness (QED) is 0.714. The number of nitrogens with zero attached hydrogens (tertiary/aromatic N) is 2. The molecule has 0 fully saturated rings. The molecular formula is C19H20N4O. The van der Waals surface area contributed by atoms with Gasteiger partial charge < -0.3 is 15.4 Å². The molecule has 0 spiro atoms. The van der Waals surface area contributed by atoms with E-state index >= 15 is 0 Å². The molecular weight excluding hydrogens is 300 g/mol. The Labute approximate surface area is 141 Å². The highest BCUT2D eigenvalue weighted by Gasteiger charge is 2.05. The summed E-state index contributed by atoms with van der Waals surface area (Å²) < 4.78 is 5.33.